The summed E-state index contributed by atoms with van der Waals surface area (Å²) in [6.07, 6.45) is 2.41. The summed E-state index contributed by atoms with van der Waals surface area (Å²) in [5.41, 5.74) is -1.63. The molecule has 2 fully saturated rings. The Kier molecular flexibility index (Phi) is 3.19. The van der Waals surface area contributed by atoms with E-state index in [-0.39, 0.29) is 6.54 Å². The summed E-state index contributed by atoms with van der Waals surface area (Å²) in [5.74, 6) is -0.520. The van der Waals surface area contributed by atoms with Crippen LogP contribution in [0.15, 0.2) is 0 Å². The van der Waals surface area contributed by atoms with Crippen molar-refractivity contribution in [3.8, 4) is 0 Å². The molecule has 3 N–H and O–H groups in total. The summed E-state index contributed by atoms with van der Waals surface area (Å²) in [7, 11) is 0. The van der Waals surface area contributed by atoms with Crippen molar-refractivity contribution in [2.45, 2.75) is 31.4 Å². The molecule has 5 nitrogen and oxygen atoms in total. The highest BCUT2D eigenvalue weighted by Crippen LogP contribution is 2.25. The van der Waals surface area contributed by atoms with E-state index in [2.05, 4.69) is 10.2 Å². The van der Waals surface area contributed by atoms with E-state index in [0.29, 0.717) is 12.0 Å². The normalized spacial score (nSPS) is 34.4. The third-order valence-electron chi connectivity index (χ3n) is 3.67. The number of nitrogens with zero attached hydrogens (tertiary/aromatic N) is 1. The maximum atomic E-state index is 10.8. The van der Waals surface area contributed by atoms with Gasteiger partial charge in [-0.3, -0.25) is 4.90 Å². The molecule has 2 aliphatic rings. The number of rotatable bonds is 3. The number of hydrogen-bond acceptors (Lipinski definition) is 4. The number of likely N-dealkylation sites (tertiary alicyclic amines) is 1. The van der Waals surface area contributed by atoms with Crippen LogP contribution in [0.3, 0.4) is 0 Å². The first kappa shape index (κ1) is 11.8. The first-order valence-electron chi connectivity index (χ1n) is 5.90. The number of β-amino-alcohol motifs (C(OH)–C–C–N with tert-alkyl or cyclic N) is 1. The van der Waals surface area contributed by atoms with Crippen LogP contribution in [0.25, 0.3) is 0 Å². The van der Waals surface area contributed by atoms with Gasteiger partial charge in [-0.2, -0.15) is 0 Å². The highest BCUT2D eigenvalue weighted by Gasteiger charge is 2.39. The second-order valence-corrected chi connectivity index (χ2v) is 5.24. The third kappa shape index (κ3) is 2.36. The van der Waals surface area contributed by atoms with Crippen molar-refractivity contribution in [2.75, 3.05) is 26.2 Å². The van der Waals surface area contributed by atoms with Crippen LogP contribution in [0.4, 0.5) is 0 Å². The van der Waals surface area contributed by atoms with E-state index in [1.807, 2.05) is 0 Å². The number of fused-ring (bicyclic) bond motifs is 1. The van der Waals surface area contributed by atoms with Crippen LogP contribution in [0.2, 0.25) is 0 Å². The minimum Gasteiger partial charge on any atom is -0.479 e. The highest BCUT2D eigenvalue weighted by molar-refractivity contribution is 5.76. The second kappa shape index (κ2) is 4.31. The molecule has 0 aromatic heterocycles. The number of carboxylic acids is 1. The summed E-state index contributed by atoms with van der Waals surface area (Å²) in [4.78, 5) is 12.9. The molecule has 1 unspecified atom stereocenters. The Morgan fingerprint density at radius 2 is 2.31 bits per heavy atom. The van der Waals surface area contributed by atoms with Crippen LogP contribution in [0.5, 0.6) is 0 Å². The molecule has 0 spiro atoms. The van der Waals surface area contributed by atoms with E-state index in [9.17, 15) is 9.90 Å². The van der Waals surface area contributed by atoms with Gasteiger partial charge >= 0.3 is 5.97 Å². The minimum absolute atomic E-state index is 0.219. The molecule has 16 heavy (non-hydrogen) atoms. The van der Waals surface area contributed by atoms with Crippen molar-refractivity contribution in [2.24, 2.45) is 5.92 Å². The van der Waals surface area contributed by atoms with Crippen molar-refractivity contribution < 1.29 is 15.0 Å². The zero-order chi connectivity index (χ0) is 11.8. The first-order chi connectivity index (χ1) is 7.49. The SMILES string of the molecule is CC(O)(CN1C[C@@H]2CCCN[C@@H]2C1)C(=O)O. The highest BCUT2D eigenvalue weighted by atomic mass is 16.4. The monoisotopic (exact) mass is 228 g/mol. The fourth-order valence-electron chi connectivity index (χ4n) is 2.77. The molecule has 2 heterocycles. The van der Waals surface area contributed by atoms with Gasteiger partial charge in [0.25, 0.3) is 0 Å². The molecule has 0 aliphatic carbocycles. The Balaban J connectivity index is 1.91. The lowest BCUT2D eigenvalue weighted by Gasteiger charge is -2.25. The predicted molar refractivity (Wildman–Crippen MR) is 59.2 cm³/mol. The average Bonchev–Trinajstić information content (AvgIpc) is 2.58. The van der Waals surface area contributed by atoms with Crippen LogP contribution < -0.4 is 5.32 Å². The van der Waals surface area contributed by atoms with E-state index in [0.717, 1.165) is 19.6 Å². The maximum absolute atomic E-state index is 10.8. The van der Waals surface area contributed by atoms with Crippen molar-refractivity contribution in [1.29, 1.82) is 0 Å². The maximum Gasteiger partial charge on any atom is 0.336 e. The quantitative estimate of drug-likeness (QED) is 0.607. The minimum atomic E-state index is -1.63. The molecule has 0 bridgehead atoms. The zero-order valence-corrected chi connectivity index (χ0v) is 9.65. The number of aliphatic hydroxyl groups is 1. The van der Waals surface area contributed by atoms with Gasteiger partial charge in [0.2, 0.25) is 0 Å². The molecule has 0 aromatic carbocycles. The fourth-order valence-corrected chi connectivity index (χ4v) is 2.77. The lowest BCUT2D eigenvalue weighted by molar-refractivity contribution is -0.158. The van der Waals surface area contributed by atoms with Crippen molar-refractivity contribution >= 4 is 5.97 Å². The van der Waals surface area contributed by atoms with E-state index in [4.69, 9.17) is 5.11 Å². The molecular weight excluding hydrogens is 208 g/mol. The van der Waals surface area contributed by atoms with E-state index in [1.54, 1.807) is 0 Å². The van der Waals surface area contributed by atoms with Crippen LogP contribution in [0, 0.1) is 5.92 Å². The van der Waals surface area contributed by atoms with Gasteiger partial charge in [-0.05, 0) is 32.2 Å². The Morgan fingerprint density at radius 3 is 2.94 bits per heavy atom. The average molecular weight is 228 g/mol. The molecule has 0 saturated carbocycles. The Hall–Kier alpha value is -0.650. The second-order valence-electron chi connectivity index (χ2n) is 5.24. The van der Waals surface area contributed by atoms with Gasteiger partial charge < -0.3 is 15.5 Å². The van der Waals surface area contributed by atoms with Gasteiger partial charge in [-0.1, -0.05) is 0 Å². The molecule has 2 rings (SSSR count). The predicted octanol–water partition coefficient (Wildman–Crippen LogP) is -0.494. The number of nitrogens with one attached hydrogen (secondary N) is 1. The molecule has 5 heteroatoms. The molecule has 0 radical (unpaired) electrons. The van der Waals surface area contributed by atoms with Gasteiger partial charge in [0.1, 0.15) is 0 Å². The molecule has 0 amide bonds. The standard InChI is InChI=1S/C11H20N2O3/c1-11(16,10(14)15)7-13-5-8-3-2-4-12-9(8)6-13/h8-9,12,16H,2-7H2,1H3,(H,14,15)/t8-,9+,11?/m0/s1. The number of hydrogen-bond donors (Lipinski definition) is 3. The lowest BCUT2D eigenvalue weighted by Crippen LogP contribution is -2.46. The topological polar surface area (TPSA) is 72.8 Å². The Labute approximate surface area is 95.4 Å². The first-order valence-corrected chi connectivity index (χ1v) is 5.90. The van der Waals surface area contributed by atoms with E-state index in [1.165, 1.54) is 19.8 Å². The van der Waals surface area contributed by atoms with Crippen LogP contribution in [0.1, 0.15) is 19.8 Å². The molecule has 3 atom stereocenters. The van der Waals surface area contributed by atoms with Crippen molar-refractivity contribution in [1.82, 2.24) is 10.2 Å². The number of piperidine rings is 1. The molecule has 2 aliphatic heterocycles. The van der Waals surface area contributed by atoms with Gasteiger partial charge in [-0.15, -0.1) is 0 Å². The molecular formula is C11H20N2O3. The third-order valence-corrected chi connectivity index (χ3v) is 3.67. The fraction of sp³-hybridized carbons (Fsp3) is 0.909. The Bertz CT molecular complexity index is 266. The smallest absolute Gasteiger partial charge is 0.336 e. The number of aliphatic carboxylic acids is 1. The lowest BCUT2D eigenvalue weighted by atomic mass is 9.94. The van der Waals surface area contributed by atoms with Crippen LogP contribution in [-0.4, -0.2) is 58.9 Å². The summed E-state index contributed by atoms with van der Waals surface area (Å²) < 4.78 is 0. The van der Waals surface area contributed by atoms with Crippen molar-refractivity contribution in [3.63, 3.8) is 0 Å². The summed E-state index contributed by atoms with van der Waals surface area (Å²) >= 11 is 0. The number of carbonyl (C=O) groups is 1. The van der Waals surface area contributed by atoms with Gasteiger partial charge in [-0.25, -0.2) is 4.79 Å². The molecule has 0 aromatic rings. The number of carboxylic acid groups (broad SMARTS) is 1. The Morgan fingerprint density at radius 1 is 1.56 bits per heavy atom. The van der Waals surface area contributed by atoms with Crippen LogP contribution in [-0.2, 0) is 4.79 Å². The molecule has 2 saturated heterocycles. The zero-order valence-electron chi connectivity index (χ0n) is 9.65. The summed E-state index contributed by atoms with van der Waals surface area (Å²) in [6, 6.07) is 0.485. The van der Waals surface area contributed by atoms with Gasteiger partial charge in [0.05, 0.1) is 0 Å². The van der Waals surface area contributed by atoms with Crippen molar-refractivity contribution in [3.05, 3.63) is 0 Å². The van der Waals surface area contributed by atoms with Gasteiger partial charge in [0, 0.05) is 25.7 Å². The van der Waals surface area contributed by atoms with Gasteiger partial charge in [0.15, 0.2) is 5.60 Å². The van der Waals surface area contributed by atoms with Crippen LogP contribution >= 0.6 is 0 Å². The van der Waals surface area contributed by atoms with E-state index >= 15 is 0 Å². The molecule has 92 valence electrons. The summed E-state index contributed by atoms with van der Waals surface area (Å²) in [6.45, 7) is 4.40. The summed E-state index contributed by atoms with van der Waals surface area (Å²) in [5, 5.41) is 22.0. The van der Waals surface area contributed by atoms with E-state index < -0.39 is 11.6 Å². The largest absolute Gasteiger partial charge is 0.479 e.